The molecule has 1 aliphatic heterocycles. The van der Waals surface area contributed by atoms with Gasteiger partial charge in [0.2, 0.25) is 0 Å². The van der Waals surface area contributed by atoms with Crippen molar-refractivity contribution in [3.8, 4) is 0 Å². The first-order valence-corrected chi connectivity index (χ1v) is 20.2. The van der Waals surface area contributed by atoms with E-state index in [0.29, 0.717) is 29.7 Å². The largest absolute Gasteiger partial charge is 0.493 e. The predicted octanol–water partition coefficient (Wildman–Crippen LogP) is 8.00. The van der Waals surface area contributed by atoms with Crippen molar-refractivity contribution in [2.75, 3.05) is 7.11 Å². The molecule has 2 bridgehead atoms. The van der Waals surface area contributed by atoms with Gasteiger partial charge in [0.1, 0.15) is 23.9 Å². The van der Waals surface area contributed by atoms with Gasteiger partial charge in [-0.2, -0.15) is 0 Å². The molecule has 0 radical (unpaired) electrons. The number of ketones is 1. The fourth-order valence-electron chi connectivity index (χ4n) is 13.8. The van der Waals surface area contributed by atoms with Crippen LogP contribution in [0.5, 0.6) is 0 Å². The van der Waals surface area contributed by atoms with E-state index < -0.39 is 80.8 Å². The summed E-state index contributed by atoms with van der Waals surface area (Å²) >= 11 is 0. The standard InChI is InChI=1S/C47H54O10/c1-26-20-35(55-39(50)30-16-12-10-13-17-30)45(8)36(56-40(51)31-18-14-11-15-19-31)24-42(5)25-46(45,57-41(42)52)47(26)27(2)22-44(7)34-21-32(49)37(53-9)28(3)43(34,6)23-33(38(44)47)54-29(4)48/h10-20,27,33-36,38H,21-25H2,1-9H3/t27-,33+,34-,35-,36-,38-,42-,43+,44-,45-,46+,47-/m0/s1. The number of Topliss-reactive ketones (excluding diaryl/α,β-unsaturated/α-hetero) is 1. The minimum absolute atomic E-state index is 0.0609. The zero-order valence-electron chi connectivity index (χ0n) is 34.4. The summed E-state index contributed by atoms with van der Waals surface area (Å²) in [5.74, 6) is -2.48. The van der Waals surface area contributed by atoms with Crippen LogP contribution in [-0.2, 0) is 38.1 Å². The van der Waals surface area contributed by atoms with Crippen LogP contribution in [0.1, 0.15) is 108 Å². The van der Waals surface area contributed by atoms with Crippen molar-refractivity contribution in [2.24, 2.45) is 44.8 Å². The quantitative estimate of drug-likeness (QED) is 0.162. The predicted molar refractivity (Wildman–Crippen MR) is 208 cm³/mol. The highest BCUT2D eigenvalue weighted by molar-refractivity contribution is 5.96. The number of ether oxygens (including phenoxy) is 5. The molecule has 2 aromatic carbocycles. The fraction of sp³-hybridized carbons (Fsp3) is 0.553. The number of methoxy groups -OCH3 is 1. The van der Waals surface area contributed by atoms with Crippen molar-refractivity contribution >= 4 is 29.7 Å². The number of hydrogen-bond donors (Lipinski definition) is 0. The summed E-state index contributed by atoms with van der Waals surface area (Å²) in [5.41, 5.74) is -3.60. The van der Waals surface area contributed by atoms with Crippen LogP contribution in [0.2, 0.25) is 0 Å². The number of allylic oxidation sites excluding steroid dienone is 2. The third kappa shape index (κ3) is 5.03. The highest BCUT2D eigenvalue weighted by Gasteiger charge is 2.87. The number of carbonyl (C=O) groups is 5. The number of fused-ring (bicyclic) bond motifs is 5. The molecule has 3 saturated carbocycles. The van der Waals surface area contributed by atoms with E-state index in [1.807, 2.05) is 45.9 Å². The lowest BCUT2D eigenvalue weighted by Crippen LogP contribution is -2.75. The van der Waals surface area contributed by atoms with Gasteiger partial charge in [-0.3, -0.25) is 14.4 Å². The van der Waals surface area contributed by atoms with Crippen LogP contribution in [0.15, 0.2) is 83.6 Å². The summed E-state index contributed by atoms with van der Waals surface area (Å²) in [5, 5.41) is 0. The zero-order chi connectivity index (χ0) is 41.1. The van der Waals surface area contributed by atoms with Gasteiger partial charge in [0.05, 0.1) is 29.1 Å². The highest BCUT2D eigenvalue weighted by atomic mass is 16.6. The molecule has 0 N–H and O–H groups in total. The van der Waals surface area contributed by atoms with Crippen LogP contribution >= 0.6 is 0 Å². The Morgan fingerprint density at radius 2 is 1.40 bits per heavy atom. The number of hydrogen-bond acceptors (Lipinski definition) is 10. The maximum atomic E-state index is 14.7. The van der Waals surface area contributed by atoms with Crippen molar-refractivity contribution in [3.05, 3.63) is 94.8 Å². The Bertz CT molecular complexity index is 2120. The van der Waals surface area contributed by atoms with Crippen LogP contribution in [0.4, 0.5) is 0 Å². The highest BCUT2D eigenvalue weighted by Crippen LogP contribution is 2.82. The average Bonchev–Trinajstić information content (AvgIpc) is 3.56. The van der Waals surface area contributed by atoms with Crippen molar-refractivity contribution in [1.29, 1.82) is 0 Å². The third-order valence-corrected chi connectivity index (χ3v) is 16.0. The Hall–Kier alpha value is -4.73. The van der Waals surface area contributed by atoms with Gasteiger partial charge < -0.3 is 23.7 Å². The second-order valence-electron chi connectivity index (χ2n) is 18.8. The Morgan fingerprint density at radius 3 is 1.98 bits per heavy atom. The maximum absolute atomic E-state index is 14.7. The van der Waals surface area contributed by atoms with Gasteiger partial charge in [-0.15, -0.1) is 0 Å². The van der Waals surface area contributed by atoms with E-state index in [0.717, 1.165) is 11.1 Å². The SMILES string of the molecule is COC1=C(C)[C@@]2(C)C[C@@H](OC(C)=O)[C@H]3[C@@](C)(C[C@H](C)[C@@]34C(C)=C[C@H](OC(=O)c3ccccc3)[C@@]3(C)[C@@H](OC(=O)c5ccccc5)C[C@@]5(C)C[C@@]34OC5=O)[C@H]2CC1=O. The first-order valence-electron chi connectivity index (χ1n) is 20.2. The Labute approximate surface area is 334 Å². The third-order valence-electron chi connectivity index (χ3n) is 16.0. The van der Waals surface area contributed by atoms with Gasteiger partial charge in [-0.1, -0.05) is 62.7 Å². The minimum Gasteiger partial charge on any atom is -0.493 e. The normalized spacial score (nSPS) is 41.6. The van der Waals surface area contributed by atoms with Gasteiger partial charge in [-0.25, -0.2) is 9.59 Å². The van der Waals surface area contributed by atoms with Gasteiger partial charge in [0.25, 0.3) is 0 Å². The van der Waals surface area contributed by atoms with E-state index in [4.69, 9.17) is 23.7 Å². The van der Waals surface area contributed by atoms with Crippen molar-refractivity contribution in [3.63, 3.8) is 0 Å². The molecule has 302 valence electrons. The Kier molecular flexibility index (Phi) is 8.84. The van der Waals surface area contributed by atoms with Gasteiger partial charge in [-0.05, 0) is 99.1 Å². The second kappa shape index (κ2) is 12.9. The number of rotatable bonds is 6. The first kappa shape index (κ1) is 39.1. The van der Waals surface area contributed by atoms with Crippen molar-refractivity contribution in [2.45, 2.75) is 111 Å². The maximum Gasteiger partial charge on any atom is 0.338 e. The smallest absolute Gasteiger partial charge is 0.338 e. The van der Waals surface area contributed by atoms with Crippen LogP contribution < -0.4 is 0 Å². The topological polar surface area (TPSA) is 132 Å². The molecule has 2 spiro atoms. The molecule has 12 atom stereocenters. The zero-order valence-corrected chi connectivity index (χ0v) is 34.4. The Balaban J connectivity index is 1.38. The summed E-state index contributed by atoms with van der Waals surface area (Å²) in [6.45, 7) is 15.8. The fourth-order valence-corrected chi connectivity index (χ4v) is 13.8. The Morgan fingerprint density at radius 1 is 0.807 bits per heavy atom. The van der Waals surface area contributed by atoms with E-state index in [9.17, 15) is 24.0 Å². The number of carbonyl (C=O) groups excluding carboxylic acids is 5. The second-order valence-corrected chi connectivity index (χ2v) is 18.8. The summed E-state index contributed by atoms with van der Waals surface area (Å²) in [6.07, 6.45) is 1.07. The summed E-state index contributed by atoms with van der Waals surface area (Å²) < 4.78 is 32.4. The summed E-state index contributed by atoms with van der Waals surface area (Å²) in [7, 11) is 1.52. The number of esters is 4. The van der Waals surface area contributed by atoms with Crippen LogP contribution in [0.25, 0.3) is 0 Å². The van der Waals surface area contributed by atoms with Gasteiger partial charge >= 0.3 is 23.9 Å². The van der Waals surface area contributed by atoms with Crippen molar-refractivity contribution in [1.82, 2.24) is 0 Å². The van der Waals surface area contributed by atoms with Crippen LogP contribution in [0, 0.1) is 44.8 Å². The summed E-state index contributed by atoms with van der Waals surface area (Å²) in [6, 6.07) is 17.4. The molecule has 10 heteroatoms. The van der Waals surface area contributed by atoms with Gasteiger partial charge in [0, 0.05) is 37.5 Å². The first-order chi connectivity index (χ1) is 26.8. The van der Waals surface area contributed by atoms with Crippen LogP contribution in [0.3, 0.4) is 0 Å². The minimum atomic E-state index is -1.42. The molecular formula is C47H54O10. The number of benzene rings is 2. The lowest BCUT2D eigenvalue weighted by atomic mass is 9.37. The van der Waals surface area contributed by atoms with E-state index >= 15 is 0 Å². The molecule has 6 aliphatic rings. The van der Waals surface area contributed by atoms with Crippen LogP contribution in [-0.4, -0.2) is 60.7 Å². The molecule has 0 amide bonds. The van der Waals surface area contributed by atoms with Crippen molar-refractivity contribution < 1.29 is 47.7 Å². The van der Waals surface area contributed by atoms with E-state index in [2.05, 4.69) is 20.8 Å². The monoisotopic (exact) mass is 778 g/mol. The van der Waals surface area contributed by atoms with E-state index in [-0.39, 0.29) is 36.9 Å². The average molecular weight is 779 g/mol. The van der Waals surface area contributed by atoms with E-state index in [1.54, 1.807) is 48.5 Å². The molecule has 0 aromatic heterocycles. The lowest BCUT2D eigenvalue weighted by Gasteiger charge is -2.69. The molecule has 5 aliphatic carbocycles. The molecule has 4 fully saturated rings. The molecule has 57 heavy (non-hydrogen) atoms. The van der Waals surface area contributed by atoms with Gasteiger partial charge in [0.15, 0.2) is 11.5 Å². The molecule has 0 unspecified atom stereocenters. The molecule has 2 aromatic rings. The molecule has 10 nitrogen and oxygen atoms in total. The molecule has 8 rings (SSSR count). The summed E-state index contributed by atoms with van der Waals surface area (Å²) in [4.78, 5) is 70.0. The molecule has 1 saturated heterocycles. The lowest BCUT2D eigenvalue weighted by molar-refractivity contribution is -0.272. The molecular weight excluding hydrogens is 725 g/mol. The molecule has 1 heterocycles. The van der Waals surface area contributed by atoms with E-state index in [1.165, 1.54) is 14.0 Å².